The Hall–Kier alpha value is -0.590. The number of nitriles is 1. The molecule has 0 saturated carbocycles. The van der Waals surface area contributed by atoms with Crippen molar-refractivity contribution in [3.63, 3.8) is 0 Å². The molecule has 0 amide bonds. The smallest absolute Gasteiger partial charge is 0.0638 e. The fourth-order valence-electron chi connectivity index (χ4n) is 3.02. The molecule has 1 unspecified atom stereocenters. The molecule has 16 heavy (non-hydrogen) atoms. The molecule has 92 valence electrons. The van der Waals surface area contributed by atoms with Crippen molar-refractivity contribution in [1.82, 2.24) is 9.80 Å². The second-order valence-electron chi connectivity index (χ2n) is 5.84. The third-order valence-electron chi connectivity index (χ3n) is 3.60. The molecule has 0 aliphatic carbocycles. The fraction of sp³-hybridized carbons (Fsp3) is 0.923. The van der Waals surface area contributed by atoms with Gasteiger partial charge in [0.1, 0.15) is 0 Å². The summed E-state index contributed by atoms with van der Waals surface area (Å²) < 4.78 is 0. The Bertz CT molecular complexity index is 265. The molecule has 1 atom stereocenters. The quantitative estimate of drug-likeness (QED) is 0.718. The number of nitrogens with zero attached hydrogens (tertiary/aromatic N) is 3. The van der Waals surface area contributed by atoms with E-state index in [0.717, 1.165) is 13.1 Å². The first-order chi connectivity index (χ1) is 7.38. The lowest BCUT2D eigenvalue weighted by atomic mass is 9.94. The van der Waals surface area contributed by atoms with E-state index in [1.165, 1.54) is 6.42 Å². The Morgan fingerprint density at radius 2 is 2.06 bits per heavy atom. The van der Waals surface area contributed by atoms with E-state index in [-0.39, 0.29) is 5.54 Å². The number of rotatable bonds is 2. The van der Waals surface area contributed by atoms with E-state index < -0.39 is 0 Å². The van der Waals surface area contributed by atoms with E-state index in [0.29, 0.717) is 18.5 Å². The average Bonchev–Trinajstić information content (AvgIpc) is 2.24. The zero-order valence-electron chi connectivity index (χ0n) is 11.3. The topological polar surface area (TPSA) is 30.3 Å². The van der Waals surface area contributed by atoms with E-state index >= 15 is 0 Å². The van der Waals surface area contributed by atoms with Crippen LogP contribution in [0.1, 0.15) is 40.5 Å². The van der Waals surface area contributed by atoms with Crippen LogP contribution in [0.15, 0.2) is 0 Å². The number of likely N-dealkylation sites (N-methyl/N-ethyl adjacent to an activating group) is 1. The van der Waals surface area contributed by atoms with Crippen LogP contribution in [0.2, 0.25) is 0 Å². The third-order valence-corrected chi connectivity index (χ3v) is 3.60. The summed E-state index contributed by atoms with van der Waals surface area (Å²) in [7, 11) is 2.16. The summed E-state index contributed by atoms with van der Waals surface area (Å²) in [5, 5.41) is 8.97. The second-order valence-corrected chi connectivity index (χ2v) is 5.84. The number of hydrogen-bond acceptors (Lipinski definition) is 3. The zero-order valence-corrected chi connectivity index (χ0v) is 11.3. The lowest BCUT2D eigenvalue weighted by molar-refractivity contribution is 0.0445. The van der Waals surface area contributed by atoms with Gasteiger partial charge in [0.15, 0.2) is 0 Å². The Morgan fingerprint density at radius 3 is 2.56 bits per heavy atom. The molecule has 0 radical (unpaired) electrons. The molecule has 1 saturated heterocycles. The lowest BCUT2D eigenvalue weighted by Gasteiger charge is -2.44. The SMILES string of the molecule is CC(C)N1C(CC#N)CN(C)CCC1(C)C. The summed E-state index contributed by atoms with van der Waals surface area (Å²) in [6.45, 7) is 11.2. The summed E-state index contributed by atoms with van der Waals surface area (Å²) in [6.07, 6.45) is 1.80. The molecule has 3 heteroatoms. The van der Waals surface area contributed by atoms with Crippen LogP contribution in [0.3, 0.4) is 0 Å². The molecular formula is C13H25N3. The van der Waals surface area contributed by atoms with Gasteiger partial charge in [-0.15, -0.1) is 0 Å². The molecule has 1 aliphatic heterocycles. The molecule has 1 heterocycles. The lowest BCUT2D eigenvalue weighted by Crippen LogP contribution is -2.53. The normalized spacial score (nSPS) is 27.7. The number of hydrogen-bond donors (Lipinski definition) is 0. The van der Waals surface area contributed by atoms with Gasteiger partial charge >= 0.3 is 0 Å². The molecule has 0 aromatic rings. The zero-order chi connectivity index (χ0) is 12.3. The molecule has 0 bridgehead atoms. The van der Waals surface area contributed by atoms with Gasteiger partial charge < -0.3 is 4.90 Å². The van der Waals surface area contributed by atoms with Crippen LogP contribution in [-0.2, 0) is 0 Å². The molecule has 0 aromatic carbocycles. The van der Waals surface area contributed by atoms with Gasteiger partial charge in [-0.05, 0) is 47.7 Å². The summed E-state index contributed by atoms with van der Waals surface area (Å²) in [4.78, 5) is 4.88. The highest BCUT2D eigenvalue weighted by Gasteiger charge is 2.37. The van der Waals surface area contributed by atoms with Gasteiger partial charge in [-0.2, -0.15) is 5.26 Å². The van der Waals surface area contributed by atoms with E-state index in [4.69, 9.17) is 5.26 Å². The van der Waals surface area contributed by atoms with Crippen molar-refractivity contribution in [2.75, 3.05) is 20.1 Å². The highest BCUT2D eigenvalue weighted by Crippen LogP contribution is 2.29. The maximum atomic E-state index is 8.97. The first-order valence-electron chi connectivity index (χ1n) is 6.22. The monoisotopic (exact) mass is 223 g/mol. The molecule has 3 nitrogen and oxygen atoms in total. The first kappa shape index (κ1) is 13.5. The minimum Gasteiger partial charge on any atom is -0.305 e. The minimum atomic E-state index is 0.195. The summed E-state index contributed by atoms with van der Waals surface area (Å²) in [6, 6.07) is 3.21. The van der Waals surface area contributed by atoms with Gasteiger partial charge in [0, 0.05) is 24.2 Å². The Kier molecular flexibility index (Phi) is 4.35. The van der Waals surface area contributed by atoms with Crippen molar-refractivity contribution in [3.8, 4) is 6.07 Å². The van der Waals surface area contributed by atoms with E-state index in [1.54, 1.807) is 0 Å². The molecule has 1 fully saturated rings. The van der Waals surface area contributed by atoms with E-state index in [1.807, 2.05) is 0 Å². The molecular weight excluding hydrogens is 198 g/mol. The van der Waals surface area contributed by atoms with Crippen molar-refractivity contribution in [2.45, 2.75) is 58.2 Å². The fourth-order valence-corrected chi connectivity index (χ4v) is 3.02. The summed E-state index contributed by atoms with van der Waals surface area (Å²) in [5.74, 6) is 0. The van der Waals surface area contributed by atoms with Gasteiger partial charge in [0.2, 0.25) is 0 Å². The molecule has 0 spiro atoms. The van der Waals surface area contributed by atoms with Crippen molar-refractivity contribution in [3.05, 3.63) is 0 Å². The second kappa shape index (κ2) is 5.16. The molecule has 0 N–H and O–H groups in total. The van der Waals surface area contributed by atoms with E-state index in [2.05, 4.69) is 50.6 Å². The van der Waals surface area contributed by atoms with Gasteiger partial charge in [0.05, 0.1) is 12.5 Å². The van der Waals surface area contributed by atoms with Gasteiger partial charge in [-0.3, -0.25) is 4.90 Å². The van der Waals surface area contributed by atoms with Gasteiger partial charge in [-0.1, -0.05) is 0 Å². The predicted molar refractivity (Wildman–Crippen MR) is 67.2 cm³/mol. The van der Waals surface area contributed by atoms with Crippen LogP contribution in [0, 0.1) is 11.3 Å². The molecule has 0 aromatic heterocycles. The summed E-state index contributed by atoms with van der Waals surface area (Å²) in [5.41, 5.74) is 0.195. The Balaban J connectivity index is 2.95. The van der Waals surface area contributed by atoms with E-state index in [9.17, 15) is 0 Å². The minimum absolute atomic E-state index is 0.195. The van der Waals surface area contributed by atoms with Crippen LogP contribution in [-0.4, -0.2) is 47.6 Å². The van der Waals surface area contributed by atoms with Crippen LogP contribution < -0.4 is 0 Å². The molecule has 1 aliphatic rings. The highest BCUT2D eigenvalue weighted by atomic mass is 15.3. The van der Waals surface area contributed by atoms with Crippen molar-refractivity contribution < 1.29 is 0 Å². The van der Waals surface area contributed by atoms with Gasteiger partial charge in [0.25, 0.3) is 0 Å². The van der Waals surface area contributed by atoms with Crippen molar-refractivity contribution in [1.29, 1.82) is 5.26 Å². The van der Waals surface area contributed by atoms with Crippen molar-refractivity contribution in [2.24, 2.45) is 0 Å². The Labute approximate surface area is 100 Å². The standard InChI is InChI=1S/C13H25N3/c1-11(2)16-12(6-8-14)10-15(5)9-7-13(16,3)4/h11-12H,6-7,9-10H2,1-5H3. The maximum Gasteiger partial charge on any atom is 0.0638 e. The predicted octanol–water partition coefficient (Wildman–Crippen LogP) is 2.09. The highest BCUT2D eigenvalue weighted by molar-refractivity contribution is 4.96. The largest absolute Gasteiger partial charge is 0.305 e. The molecule has 1 rings (SSSR count). The first-order valence-corrected chi connectivity index (χ1v) is 6.22. The summed E-state index contributed by atoms with van der Waals surface area (Å²) >= 11 is 0. The average molecular weight is 223 g/mol. The van der Waals surface area contributed by atoms with Crippen LogP contribution in [0.5, 0.6) is 0 Å². The van der Waals surface area contributed by atoms with Crippen molar-refractivity contribution >= 4 is 0 Å². The van der Waals surface area contributed by atoms with Crippen LogP contribution in [0.25, 0.3) is 0 Å². The third kappa shape index (κ3) is 2.96. The van der Waals surface area contributed by atoms with Crippen LogP contribution in [0.4, 0.5) is 0 Å². The van der Waals surface area contributed by atoms with Crippen LogP contribution >= 0.6 is 0 Å². The van der Waals surface area contributed by atoms with Gasteiger partial charge in [-0.25, -0.2) is 0 Å². The Morgan fingerprint density at radius 1 is 1.44 bits per heavy atom. The maximum absolute atomic E-state index is 8.97.